The van der Waals surface area contributed by atoms with Crippen molar-refractivity contribution in [2.45, 2.75) is 6.61 Å². The molecule has 2 N–H and O–H groups in total. The zero-order chi connectivity index (χ0) is 15.4. The molecule has 0 aromatic heterocycles. The molecule has 0 heterocycles. The third-order valence-electron chi connectivity index (χ3n) is 2.75. The predicted octanol–water partition coefficient (Wildman–Crippen LogP) is 2.93. The zero-order valence-corrected chi connectivity index (χ0v) is 11.5. The van der Waals surface area contributed by atoms with Gasteiger partial charge in [-0.2, -0.15) is 0 Å². The Hall–Kier alpha value is -2.60. The van der Waals surface area contributed by atoms with Gasteiger partial charge < -0.3 is 10.5 Å². The predicted molar refractivity (Wildman–Crippen MR) is 77.4 cm³/mol. The smallest absolute Gasteiger partial charge is 0.312 e. The van der Waals surface area contributed by atoms with Crippen LogP contribution in [-0.2, 0) is 6.61 Å². The quantitative estimate of drug-likeness (QED) is 0.678. The third-order valence-corrected chi connectivity index (χ3v) is 2.99. The Morgan fingerprint density at radius 3 is 2.48 bits per heavy atom. The fourth-order valence-corrected chi connectivity index (χ4v) is 1.85. The average Bonchev–Trinajstić information content (AvgIpc) is 2.46. The van der Waals surface area contributed by atoms with Gasteiger partial charge in [0.05, 0.1) is 4.92 Å². The average molecular weight is 307 g/mol. The zero-order valence-electron chi connectivity index (χ0n) is 10.8. The summed E-state index contributed by atoms with van der Waals surface area (Å²) < 4.78 is 5.42. The monoisotopic (exact) mass is 306 g/mol. The van der Waals surface area contributed by atoms with Crippen LogP contribution in [0.5, 0.6) is 5.75 Å². The number of nitro groups is 1. The van der Waals surface area contributed by atoms with Gasteiger partial charge in [-0.3, -0.25) is 14.9 Å². The molecule has 0 aliphatic carbocycles. The van der Waals surface area contributed by atoms with E-state index in [0.29, 0.717) is 5.56 Å². The number of nitro benzene ring substituents is 1. The summed E-state index contributed by atoms with van der Waals surface area (Å²) in [5, 5.41) is 11.2. The van der Waals surface area contributed by atoms with E-state index in [-0.39, 0.29) is 23.1 Å². The number of ether oxygens (including phenoxy) is 1. The number of hydrogen-bond donors (Lipinski definition) is 1. The highest BCUT2D eigenvalue weighted by Crippen LogP contribution is 2.30. The number of carbonyl (C=O) groups excluding carboxylic acids is 1. The Morgan fingerprint density at radius 1 is 1.24 bits per heavy atom. The lowest BCUT2D eigenvalue weighted by Gasteiger charge is -2.07. The number of carbonyl (C=O) groups is 1. The Kier molecular flexibility index (Phi) is 4.39. The summed E-state index contributed by atoms with van der Waals surface area (Å²) in [7, 11) is 0. The van der Waals surface area contributed by atoms with E-state index in [1.54, 1.807) is 24.3 Å². The van der Waals surface area contributed by atoms with Crippen molar-refractivity contribution < 1.29 is 14.5 Å². The molecule has 7 heteroatoms. The second-order valence-corrected chi connectivity index (χ2v) is 4.66. The number of primary amides is 1. The number of halogens is 1. The summed E-state index contributed by atoms with van der Waals surface area (Å²) in [6.45, 7) is 0.127. The minimum atomic E-state index is -0.558. The summed E-state index contributed by atoms with van der Waals surface area (Å²) in [6, 6.07) is 10.7. The Balaban J connectivity index is 2.13. The molecule has 2 rings (SSSR count). The van der Waals surface area contributed by atoms with Gasteiger partial charge in [-0.15, -0.1) is 0 Å². The maximum absolute atomic E-state index is 10.9. The Labute approximate surface area is 125 Å². The van der Waals surface area contributed by atoms with Crippen molar-refractivity contribution in [3.63, 3.8) is 0 Å². The van der Waals surface area contributed by atoms with Crippen molar-refractivity contribution in [3.05, 3.63) is 68.7 Å². The summed E-state index contributed by atoms with van der Waals surface area (Å²) in [6.07, 6.45) is 0. The molecular weight excluding hydrogens is 296 g/mol. The van der Waals surface area contributed by atoms with E-state index in [2.05, 4.69) is 0 Å². The first-order chi connectivity index (χ1) is 9.97. The molecule has 0 unspecified atom stereocenters. The maximum Gasteiger partial charge on any atom is 0.312 e. The van der Waals surface area contributed by atoms with E-state index in [9.17, 15) is 14.9 Å². The molecule has 108 valence electrons. The molecule has 0 aliphatic rings. The number of nitrogens with zero attached hydrogens (tertiary/aromatic N) is 1. The van der Waals surface area contributed by atoms with Gasteiger partial charge in [-0.1, -0.05) is 23.7 Å². The molecule has 0 radical (unpaired) electrons. The van der Waals surface area contributed by atoms with Crippen molar-refractivity contribution in [2.24, 2.45) is 5.73 Å². The second kappa shape index (κ2) is 6.23. The third kappa shape index (κ3) is 3.70. The highest BCUT2D eigenvalue weighted by atomic mass is 35.5. The molecule has 0 saturated carbocycles. The SMILES string of the molecule is NC(=O)c1ccc(COc2ccc(Cl)cc2[N+](=O)[O-])cc1. The van der Waals surface area contributed by atoms with Crippen LogP contribution in [0.4, 0.5) is 5.69 Å². The molecule has 0 fully saturated rings. The van der Waals surface area contributed by atoms with E-state index >= 15 is 0 Å². The number of benzene rings is 2. The molecule has 0 saturated heterocycles. The lowest BCUT2D eigenvalue weighted by molar-refractivity contribution is -0.385. The Morgan fingerprint density at radius 2 is 1.90 bits per heavy atom. The molecule has 0 bridgehead atoms. The molecule has 1 amide bonds. The maximum atomic E-state index is 10.9. The van der Waals surface area contributed by atoms with Crippen LogP contribution in [0.1, 0.15) is 15.9 Å². The largest absolute Gasteiger partial charge is 0.482 e. The van der Waals surface area contributed by atoms with Crippen molar-refractivity contribution in [1.82, 2.24) is 0 Å². The van der Waals surface area contributed by atoms with Crippen molar-refractivity contribution in [3.8, 4) is 5.75 Å². The Bertz CT molecular complexity index is 686. The lowest BCUT2D eigenvalue weighted by Crippen LogP contribution is -2.10. The first kappa shape index (κ1) is 14.8. The first-order valence-electron chi connectivity index (χ1n) is 5.93. The lowest BCUT2D eigenvalue weighted by atomic mass is 10.1. The van der Waals surface area contributed by atoms with Gasteiger partial charge in [0.1, 0.15) is 6.61 Å². The minimum Gasteiger partial charge on any atom is -0.482 e. The molecule has 0 spiro atoms. The minimum absolute atomic E-state index is 0.127. The van der Waals surface area contributed by atoms with Crippen molar-refractivity contribution in [1.29, 1.82) is 0 Å². The molecule has 2 aromatic rings. The van der Waals surface area contributed by atoms with Crippen LogP contribution in [0.2, 0.25) is 5.02 Å². The summed E-state index contributed by atoms with van der Waals surface area (Å²) >= 11 is 5.72. The summed E-state index contributed by atoms with van der Waals surface area (Å²) in [5.41, 5.74) is 6.08. The molecule has 0 atom stereocenters. The molecular formula is C14H11ClN2O4. The fraction of sp³-hybridized carbons (Fsp3) is 0.0714. The van der Waals surface area contributed by atoms with Gasteiger partial charge in [0, 0.05) is 16.7 Å². The molecule has 0 aliphatic heterocycles. The standard InChI is InChI=1S/C14H11ClN2O4/c15-11-5-6-13(12(7-11)17(19)20)21-8-9-1-3-10(4-2-9)14(16)18/h1-7H,8H2,(H2,16,18). The van der Waals surface area contributed by atoms with Crippen LogP contribution in [0, 0.1) is 10.1 Å². The topological polar surface area (TPSA) is 95.5 Å². The van der Waals surface area contributed by atoms with Gasteiger partial charge in [0.25, 0.3) is 0 Å². The number of hydrogen-bond acceptors (Lipinski definition) is 4. The van der Waals surface area contributed by atoms with Crippen LogP contribution >= 0.6 is 11.6 Å². The van der Waals surface area contributed by atoms with E-state index < -0.39 is 10.8 Å². The van der Waals surface area contributed by atoms with Gasteiger partial charge >= 0.3 is 5.69 Å². The van der Waals surface area contributed by atoms with E-state index in [0.717, 1.165) is 5.56 Å². The highest BCUT2D eigenvalue weighted by molar-refractivity contribution is 6.30. The molecule has 6 nitrogen and oxygen atoms in total. The summed E-state index contributed by atoms with van der Waals surface area (Å²) in [5.74, 6) is -0.390. The second-order valence-electron chi connectivity index (χ2n) is 4.22. The van der Waals surface area contributed by atoms with E-state index in [1.165, 1.54) is 18.2 Å². The fourth-order valence-electron chi connectivity index (χ4n) is 1.68. The van der Waals surface area contributed by atoms with Gasteiger partial charge in [-0.25, -0.2) is 0 Å². The van der Waals surface area contributed by atoms with Crippen LogP contribution in [0.15, 0.2) is 42.5 Å². The van der Waals surface area contributed by atoms with Crippen LogP contribution in [-0.4, -0.2) is 10.8 Å². The first-order valence-corrected chi connectivity index (χ1v) is 6.30. The molecule has 2 aromatic carbocycles. The van der Waals surface area contributed by atoms with E-state index in [4.69, 9.17) is 22.1 Å². The number of nitrogens with two attached hydrogens (primary N) is 1. The number of amides is 1. The van der Waals surface area contributed by atoms with Crippen molar-refractivity contribution >= 4 is 23.2 Å². The van der Waals surface area contributed by atoms with Gasteiger partial charge in [-0.05, 0) is 29.8 Å². The van der Waals surface area contributed by atoms with Crippen molar-refractivity contribution in [2.75, 3.05) is 0 Å². The van der Waals surface area contributed by atoms with Gasteiger partial charge in [0.15, 0.2) is 5.75 Å². The van der Waals surface area contributed by atoms with Crippen LogP contribution in [0.3, 0.4) is 0 Å². The normalized spacial score (nSPS) is 10.1. The summed E-state index contributed by atoms with van der Waals surface area (Å²) in [4.78, 5) is 21.3. The van der Waals surface area contributed by atoms with Gasteiger partial charge in [0.2, 0.25) is 5.91 Å². The number of rotatable bonds is 5. The van der Waals surface area contributed by atoms with Crippen LogP contribution < -0.4 is 10.5 Å². The van der Waals surface area contributed by atoms with Crippen LogP contribution in [0.25, 0.3) is 0 Å². The van der Waals surface area contributed by atoms with E-state index in [1.807, 2.05) is 0 Å². The molecule has 21 heavy (non-hydrogen) atoms. The highest BCUT2D eigenvalue weighted by Gasteiger charge is 2.15.